The molecule has 0 spiro atoms. The van der Waals surface area contributed by atoms with Gasteiger partial charge in [-0.2, -0.15) is 0 Å². The van der Waals surface area contributed by atoms with Crippen molar-refractivity contribution in [3.05, 3.63) is 46.6 Å². The Morgan fingerprint density at radius 1 is 1.39 bits per heavy atom. The van der Waals surface area contributed by atoms with Crippen LogP contribution in [0.2, 0.25) is 0 Å². The molecule has 0 aromatic carbocycles. The number of carbonyl (C=O) groups is 1. The number of ether oxygens (including phenoxy) is 1. The molecule has 0 radical (unpaired) electrons. The molecule has 2 aliphatic rings. The van der Waals surface area contributed by atoms with Crippen molar-refractivity contribution >= 4 is 5.97 Å². The van der Waals surface area contributed by atoms with Crippen molar-refractivity contribution in [1.29, 1.82) is 0 Å². The van der Waals surface area contributed by atoms with Gasteiger partial charge < -0.3 is 4.74 Å². The van der Waals surface area contributed by atoms with Crippen molar-refractivity contribution in [1.82, 2.24) is 0 Å². The standard InChI is InChI=1S/C16H20O2/c1-12(2)14-9-5-6-10-15(14)16(17)18-11-13-7-3-4-8-13/h5-7,10H,3-4,8-9,11H2,1-2H3. The van der Waals surface area contributed by atoms with Crippen LogP contribution in [0.3, 0.4) is 0 Å². The third kappa shape index (κ3) is 3.00. The van der Waals surface area contributed by atoms with Gasteiger partial charge in [0.05, 0.1) is 5.57 Å². The molecule has 2 heteroatoms. The first-order chi connectivity index (χ1) is 8.68. The number of hydrogen-bond donors (Lipinski definition) is 0. The van der Waals surface area contributed by atoms with Crippen molar-refractivity contribution in [2.75, 3.05) is 6.61 Å². The summed E-state index contributed by atoms with van der Waals surface area (Å²) in [4.78, 5) is 12.1. The fourth-order valence-corrected chi connectivity index (χ4v) is 2.33. The highest BCUT2D eigenvalue weighted by Gasteiger charge is 2.18. The summed E-state index contributed by atoms with van der Waals surface area (Å²) < 4.78 is 5.40. The summed E-state index contributed by atoms with van der Waals surface area (Å²) in [6.45, 7) is 4.53. The minimum atomic E-state index is -0.191. The number of esters is 1. The highest BCUT2D eigenvalue weighted by atomic mass is 16.5. The zero-order chi connectivity index (χ0) is 13.0. The molecule has 0 aromatic rings. The lowest BCUT2D eigenvalue weighted by molar-refractivity contribution is -0.137. The summed E-state index contributed by atoms with van der Waals surface area (Å²) in [5, 5.41) is 0. The van der Waals surface area contributed by atoms with Gasteiger partial charge in [0.2, 0.25) is 0 Å². The average Bonchev–Trinajstić information content (AvgIpc) is 2.89. The maximum absolute atomic E-state index is 12.1. The maximum Gasteiger partial charge on any atom is 0.338 e. The van der Waals surface area contributed by atoms with Crippen molar-refractivity contribution in [3.63, 3.8) is 0 Å². The fraction of sp³-hybridized carbons (Fsp3) is 0.438. The maximum atomic E-state index is 12.1. The van der Waals surface area contributed by atoms with Gasteiger partial charge in [0, 0.05) is 0 Å². The Balaban J connectivity index is 2.01. The Morgan fingerprint density at radius 2 is 2.22 bits per heavy atom. The molecule has 0 aliphatic heterocycles. The van der Waals surface area contributed by atoms with Crippen LogP contribution in [0.1, 0.15) is 39.5 Å². The van der Waals surface area contributed by atoms with E-state index in [0.717, 1.165) is 30.4 Å². The predicted octanol–water partition coefficient (Wildman–Crippen LogP) is 3.86. The summed E-state index contributed by atoms with van der Waals surface area (Å²) in [5.41, 5.74) is 4.26. The Bertz CT molecular complexity index is 457. The van der Waals surface area contributed by atoms with Gasteiger partial charge >= 0.3 is 5.97 Å². The predicted molar refractivity (Wildman–Crippen MR) is 73.1 cm³/mol. The van der Waals surface area contributed by atoms with Gasteiger partial charge in [0.25, 0.3) is 0 Å². The van der Waals surface area contributed by atoms with Crippen molar-refractivity contribution in [3.8, 4) is 0 Å². The molecular weight excluding hydrogens is 224 g/mol. The van der Waals surface area contributed by atoms with Gasteiger partial charge in [-0.25, -0.2) is 4.79 Å². The molecule has 0 fully saturated rings. The fourth-order valence-electron chi connectivity index (χ4n) is 2.33. The van der Waals surface area contributed by atoms with E-state index in [2.05, 4.69) is 12.2 Å². The van der Waals surface area contributed by atoms with Gasteiger partial charge in [0.1, 0.15) is 6.61 Å². The normalized spacial score (nSPS) is 18.4. The first kappa shape index (κ1) is 12.9. The van der Waals surface area contributed by atoms with Crippen LogP contribution in [-0.4, -0.2) is 12.6 Å². The molecule has 18 heavy (non-hydrogen) atoms. The van der Waals surface area contributed by atoms with Crippen LogP contribution in [-0.2, 0) is 9.53 Å². The molecule has 0 atom stereocenters. The lowest BCUT2D eigenvalue weighted by Gasteiger charge is -2.15. The Morgan fingerprint density at radius 3 is 2.89 bits per heavy atom. The van der Waals surface area contributed by atoms with E-state index in [4.69, 9.17) is 4.74 Å². The van der Waals surface area contributed by atoms with Crippen LogP contribution in [0, 0.1) is 0 Å². The summed E-state index contributed by atoms with van der Waals surface area (Å²) in [7, 11) is 0. The van der Waals surface area contributed by atoms with E-state index in [1.807, 2.05) is 26.0 Å². The lowest BCUT2D eigenvalue weighted by atomic mass is 9.94. The number of rotatable bonds is 3. The van der Waals surface area contributed by atoms with Crippen molar-refractivity contribution < 1.29 is 9.53 Å². The molecule has 0 heterocycles. The summed E-state index contributed by atoms with van der Waals surface area (Å²) in [6, 6.07) is 0. The average molecular weight is 244 g/mol. The van der Waals surface area contributed by atoms with Crippen LogP contribution in [0.4, 0.5) is 0 Å². The van der Waals surface area contributed by atoms with Crippen LogP contribution < -0.4 is 0 Å². The van der Waals surface area contributed by atoms with Gasteiger partial charge in [-0.15, -0.1) is 0 Å². The summed E-state index contributed by atoms with van der Waals surface area (Å²) in [5.74, 6) is -0.191. The van der Waals surface area contributed by atoms with E-state index in [-0.39, 0.29) is 5.97 Å². The van der Waals surface area contributed by atoms with Crippen LogP contribution in [0.25, 0.3) is 0 Å². The molecule has 0 aromatic heterocycles. The zero-order valence-corrected chi connectivity index (χ0v) is 11.2. The third-order valence-corrected chi connectivity index (χ3v) is 3.39. The van der Waals surface area contributed by atoms with E-state index in [1.54, 1.807) is 0 Å². The molecule has 96 valence electrons. The highest BCUT2D eigenvalue weighted by molar-refractivity contribution is 5.94. The second-order valence-electron chi connectivity index (χ2n) is 5.02. The molecule has 0 amide bonds. The highest BCUT2D eigenvalue weighted by Crippen LogP contribution is 2.25. The molecule has 0 N–H and O–H groups in total. The second kappa shape index (κ2) is 5.85. The van der Waals surface area contributed by atoms with E-state index >= 15 is 0 Å². The quantitative estimate of drug-likeness (QED) is 0.556. The topological polar surface area (TPSA) is 26.3 Å². The van der Waals surface area contributed by atoms with Crippen LogP contribution >= 0.6 is 0 Å². The molecule has 2 nitrogen and oxygen atoms in total. The van der Waals surface area contributed by atoms with E-state index < -0.39 is 0 Å². The van der Waals surface area contributed by atoms with Gasteiger partial charge in [-0.1, -0.05) is 23.8 Å². The summed E-state index contributed by atoms with van der Waals surface area (Å²) in [6.07, 6.45) is 12.3. The number of carbonyl (C=O) groups excluding carboxylic acids is 1. The summed E-state index contributed by atoms with van der Waals surface area (Å²) >= 11 is 0. The Labute approximate surface area is 109 Å². The Kier molecular flexibility index (Phi) is 4.19. The van der Waals surface area contributed by atoms with E-state index in [9.17, 15) is 4.79 Å². The molecule has 0 saturated carbocycles. The third-order valence-electron chi connectivity index (χ3n) is 3.39. The Hall–Kier alpha value is -1.57. The van der Waals surface area contributed by atoms with Crippen LogP contribution in [0.5, 0.6) is 0 Å². The van der Waals surface area contributed by atoms with Gasteiger partial charge in [-0.05, 0) is 56.8 Å². The first-order valence-corrected chi connectivity index (χ1v) is 6.57. The van der Waals surface area contributed by atoms with E-state index in [1.165, 1.54) is 17.6 Å². The smallest absolute Gasteiger partial charge is 0.338 e. The molecule has 2 rings (SSSR count). The second-order valence-corrected chi connectivity index (χ2v) is 5.02. The van der Waals surface area contributed by atoms with Crippen molar-refractivity contribution in [2.24, 2.45) is 0 Å². The molecule has 2 aliphatic carbocycles. The van der Waals surface area contributed by atoms with Crippen molar-refractivity contribution in [2.45, 2.75) is 39.5 Å². The molecule has 0 bridgehead atoms. The lowest BCUT2D eigenvalue weighted by Crippen LogP contribution is -2.13. The minimum absolute atomic E-state index is 0.191. The molecule has 0 saturated heterocycles. The monoisotopic (exact) mass is 244 g/mol. The zero-order valence-electron chi connectivity index (χ0n) is 11.2. The van der Waals surface area contributed by atoms with Crippen LogP contribution in [0.15, 0.2) is 46.6 Å². The minimum Gasteiger partial charge on any atom is -0.458 e. The molecular formula is C16H20O2. The van der Waals surface area contributed by atoms with Gasteiger partial charge in [-0.3, -0.25) is 0 Å². The molecule has 0 unspecified atom stereocenters. The van der Waals surface area contributed by atoms with Gasteiger partial charge in [0.15, 0.2) is 0 Å². The number of hydrogen-bond acceptors (Lipinski definition) is 2. The first-order valence-electron chi connectivity index (χ1n) is 6.57. The largest absolute Gasteiger partial charge is 0.458 e. The SMILES string of the molecule is CC(C)=C1CC=CC=C1C(=O)OCC1=CCCC1. The van der Waals surface area contributed by atoms with E-state index in [0.29, 0.717) is 6.61 Å². The number of allylic oxidation sites excluding steroid dienone is 5.